The molecule has 0 fully saturated rings. The predicted molar refractivity (Wildman–Crippen MR) is 87.5 cm³/mol. The number of nitrogens with one attached hydrogen (secondary N) is 2. The Morgan fingerprint density at radius 3 is 2.45 bits per heavy atom. The van der Waals surface area contributed by atoms with Gasteiger partial charge in [-0.3, -0.25) is 9.59 Å². The van der Waals surface area contributed by atoms with E-state index in [9.17, 15) is 14.7 Å². The number of benzene rings is 1. The van der Waals surface area contributed by atoms with Crippen molar-refractivity contribution in [3.8, 4) is 0 Å². The summed E-state index contributed by atoms with van der Waals surface area (Å²) in [4.78, 5) is 23.7. The van der Waals surface area contributed by atoms with Crippen molar-refractivity contribution < 1.29 is 14.7 Å². The Balaban J connectivity index is 2.48. The Bertz CT molecular complexity index is 524. The Morgan fingerprint density at radius 2 is 1.86 bits per heavy atom. The number of amides is 2. The van der Waals surface area contributed by atoms with Gasteiger partial charge in [0.05, 0.1) is 5.60 Å². The second-order valence-corrected chi connectivity index (χ2v) is 6.38. The van der Waals surface area contributed by atoms with Crippen LogP contribution >= 0.6 is 0 Å². The SMILES string of the molecule is Cc1ccccc1NC(=O)C(=O)NC[C@@](C)(O)CCC(C)C. The first-order valence-electron chi connectivity index (χ1n) is 7.58. The number of aryl methyl sites for hydroxylation is 1. The first kappa shape index (κ1) is 18.2. The molecule has 3 N–H and O–H groups in total. The van der Waals surface area contributed by atoms with Crippen LogP contribution in [0.25, 0.3) is 0 Å². The van der Waals surface area contributed by atoms with Gasteiger partial charge in [0.2, 0.25) is 0 Å². The zero-order valence-corrected chi connectivity index (χ0v) is 13.8. The molecule has 0 saturated carbocycles. The van der Waals surface area contributed by atoms with Gasteiger partial charge in [-0.1, -0.05) is 32.0 Å². The maximum Gasteiger partial charge on any atom is 0.313 e. The highest BCUT2D eigenvalue weighted by atomic mass is 16.3. The second kappa shape index (κ2) is 7.94. The van der Waals surface area contributed by atoms with E-state index in [1.807, 2.05) is 19.1 Å². The van der Waals surface area contributed by atoms with Crippen LogP contribution in [0, 0.1) is 12.8 Å². The normalized spacial score (nSPS) is 13.5. The summed E-state index contributed by atoms with van der Waals surface area (Å²) in [6.45, 7) is 7.72. The van der Waals surface area contributed by atoms with E-state index >= 15 is 0 Å². The standard InChI is InChI=1S/C17H26N2O3/c1-12(2)9-10-17(4,22)11-18-15(20)16(21)19-14-8-6-5-7-13(14)3/h5-8,12,22H,9-11H2,1-4H3,(H,18,20)(H,19,21)/t17-/m0/s1. The van der Waals surface area contributed by atoms with Crippen LogP contribution in [-0.4, -0.2) is 29.1 Å². The van der Waals surface area contributed by atoms with Crippen molar-refractivity contribution in [3.63, 3.8) is 0 Å². The zero-order chi connectivity index (χ0) is 16.8. The Kier molecular flexibility index (Phi) is 6.56. The van der Waals surface area contributed by atoms with E-state index in [0.717, 1.165) is 12.0 Å². The van der Waals surface area contributed by atoms with E-state index < -0.39 is 17.4 Å². The quantitative estimate of drug-likeness (QED) is 0.705. The molecular weight excluding hydrogens is 280 g/mol. The van der Waals surface area contributed by atoms with Gasteiger partial charge in [0.15, 0.2) is 0 Å². The first-order valence-corrected chi connectivity index (χ1v) is 7.58. The van der Waals surface area contributed by atoms with Crippen molar-refractivity contribution in [2.45, 2.75) is 46.1 Å². The van der Waals surface area contributed by atoms with Crippen LogP contribution in [0.4, 0.5) is 5.69 Å². The molecule has 0 spiro atoms. The number of anilines is 1. The van der Waals surface area contributed by atoms with Crippen molar-refractivity contribution in [1.82, 2.24) is 5.32 Å². The summed E-state index contributed by atoms with van der Waals surface area (Å²) in [5, 5.41) is 15.2. The molecule has 1 rings (SSSR count). The maximum absolute atomic E-state index is 11.8. The lowest BCUT2D eigenvalue weighted by Gasteiger charge is -2.24. The minimum atomic E-state index is -1.01. The average molecular weight is 306 g/mol. The van der Waals surface area contributed by atoms with Crippen LogP contribution in [0.15, 0.2) is 24.3 Å². The lowest BCUT2D eigenvalue weighted by Crippen LogP contribution is -2.44. The molecule has 0 saturated heterocycles. The lowest BCUT2D eigenvalue weighted by molar-refractivity contribution is -0.136. The largest absolute Gasteiger partial charge is 0.388 e. The fourth-order valence-electron chi connectivity index (χ4n) is 1.93. The molecule has 5 nitrogen and oxygen atoms in total. The predicted octanol–water partition coefficient (Wildman–Crippen LogP) is 2.24. The third-order valence-electron chi connectivity index (χ3n) is 3.49. The van der Waals surface area contributed by atoms with Crippen molar-refractivity contribution in [2.24, 2.45) is 5.92 Å². The van der Waals surface area contributed by atoms with Gasteiger partial charge in [0.25, 0.3) is 0 Å². The van der Waals surface area contributed by atoms with Gasteiger partial charge in [-0.2, -0.15) is 0 Å². The lowest BCUT2D eigenvalue weighted by atomic mass is 9.95. The highest BCUT2D eigenvalue weighted by Gasteiger charge is 2.23. The third kappa shape index (κ3) is 6.26. The summed E-state index contributed by atoms with van der Waals surface area (Å²) < 4.78 is 0. The molecule has 0 unspecified atom stereocenters. The van der Waals surface area contributed by atoms with Crippen molar-refractivity contribution in [3.05, 3.63) is 29.8 Å². The number of carbonyl (C=O) groups excluding carboxylic acids is 2. The molecule has 0 aliphatic rings. The molecule has 1 atom stereocenters. The van der Waals surface area contributed by atoms with Crippen molar-refractivity contribution >= 4 is 17.5 Å². The maximum atomic E-state index is 11.8. The highest BCUT2D eigenvalue weighted by molar-refractivity contribution is 6.39. The molecule has 0 heterocycles. The monoisotopic (exact) mass is 306 g/mol. The minimum Gasteiger partial charge on any atom is -0.388 e. The van der Waals surface area contributed by atoms with Crippen LogP contribution < -0.4 is 10.6 Å². The molecule has 0 aliphatic carbocycles. The zero-order valence-electron chi connectivity index (χ0n) is 13.8. The number of para-hydroxylation sites is 1. The molecule has 0 aliphatic heterocycles. The molecule has 5 heteroatoms. The summed E-state index contributed by atoms with van der Waals surface area (Å²) in [5.74, 6) is -0.992. The number of hydrogen-bond donors (Lipinski definition) is 3. The Morgan fingerprint density at radius 1 is 1.23 bits per heavy atom. The Hall–Kier alpha value is -1.88. The number of rotatable bonds is 6. The molecule has 1 aromatic carbocycles. The molecule has 0 bridgehead atoms. The fraction of sp³-hybridized carbons (Fsp3) is 0.529. The van der Waals surface area contributed by atoms with E-state index in [2.05, 4.69) is 24.5 Å². The molecule has 0 radical (unpaired) electrons. The summed E-state index contributed by atoms with van der Waals surface area (Å²) in [5.41, 5.74) is 0.477. The number of hydrogen-bond acceptors (Lipinski definition) is 3. The van der Waals surface area contributed by atoms with Crippen molar-refractivity contribution in [2.75, 3.05) is 11.9 Å². The Labute approximate surface area is 132 Å². The van der Waals surface area contributed by atoms with E-state index in [4.69, 9.17) is 0 Å². The van der Waals surface area contributed by atoms with Gasteiger partial charge >= 0.3 is 11.8 Å². The topological polar surface area (TPSA) is 78.4 Å². The van der Waals surface area contributed by atoms with Crippen LogP contribution in [0.5, 0.6) is 0 Å². The van der Waals surface area contributed by atoms with Crippen LogP contribution in [-0.2, 0) is 9.59 Å². The summed E-state index contributed by atoms with van der Waals surface area (Å²) in [7, 11) is 0. The minimum absolute atomic E-state index is 0.0553. The number of aliphatic hydroxyl groups is 1. The summed E-state index contributed by atoms with van der Waals surface area (Å²) >= 11 is 0. The van der Waals surface area contributed by atoms with Crippen LogP contribution in [0.3, 0.4) is 0 Å². The molecule has 122 valence electrons. The average Bonchev–Trinajstić information content (AvgIpc) is 2.45. The van der Waals surface area contributed by atoms with Crippen LogP contribution in [0.2, 0.25) is 0 Å². The van der Waals surface area contributed by atoms with E-state index in [-0.39, 0.29) is 6.54 Å². The van der Waals surface area contributed by atoms with Gasteiger partial charge in [-0.05, 0) is 44.2 Å². The van der Waals surface area contributed by atoms with E-state index in [1.165, 1.54) is 0 Å². The summed E-state index contributed by atoms with van der Waals surface area (Å²) in [6.07, 6.45) is 1.43. The van der Waals surface area contributed by atoms with Gasteiger partial charge in [-0.15, -0.1) is 0 Å². The van der Waals surface area contributed by atoms with Gasteiger partial charge in [-0.25, -0.2) is 0 Å². The highest BCUT2D eigenvalue weighted by Crippen LogP contribution is 2.16. The molecule has 2 amide bonds. The summed E-state index contributed by atoms with van der Waals surface area (Å²) in [6, 6.07) is 7.23. The molecule has 22 heavy (non-hydrogen) atoms. The van der Waals surface area contributed by atoms with Gasteiger partial charge < -0.3 is 15.7 Å². The van der Waals surface area contributed by atoms with Crippen LogP contribution in [0.1, 0.15) is 39.2 Å². The first-order chi connectivity index (χ1) is 10.2. The molecular formula is C17H26N2O3. The molecule has 1 aromatic rings. The van der Waals surface area contributed by atoms with E-state index in [1.54, 1.807) is 19.1 Å². The number of carbonyl (C=O) groups is 2. The van der Waals surface area contributed by atoms with E-state index in [0.29, 0.717) is 18.0 Å². The van der Waals surface area contributed by atoms with Gasteiger partial charge in [0.1, 0.15) is 0 Å². The second-order valence-electron chi connectivity index (χ2n) is 6.38. The fourth-order valence-corrected chi connectivity index (χ4v) is 1.93. The third-order valence-corrected chi connectivity index (χ3v) is 3.49. The smallest absolute Gasteiger partial charge is 0.313 e. The van der Waals surface area contributed by atoms with Gasteiger partial charge in [0, 0.05) is 12.2 Å². The van der Waals surface area contributed by atoms with Crippen molar-refractivity contribution in [1.29, 1.82) is 0 Å². The molecule has 0 aromatic heterocycles.